The number of hydrogen-bond donors (Lipinski definition) is 1. The van der Waals surface area contributed by atoms with Crippen molar-refractivity contribution >= 4 is 28.4 Å². The van der Waals surface area contributed by atoms with Crippen LogP contribution in [0, 0.1) is 0 Å². The van der Waals surface area contributed by atoms with Crippen molar-refractivity contribution in [3.63, 3.8) is 0 Å². The molecule has 1 atom stereocenters. The Morgan fingerprint density at radius 3 is 2.54 bits per heavy atom. The highest BCUT2D eigenvalue weighted by atomic mass is 35.5. The van der Waals surface area contributed by atoms with Crippen molar-refractivity contribution in [2.45, 2.75) is 19.3 Å². The van der Waals surface area contributed by atoms with Crippen molar-refractivity contribution in [2.75, 3.05) is 0 Å². The van der Waals surface area contributed by atoms with Crippen LogP contribution in [0.2, 0.25) is 5.02 Å². The first-order valence-corrected chi connectivity index (χ1v) is 7.85. The molecule has 0 radical (unpaired) electrons. The highest BCUT2D eigenvalue weighted by Gasteiger charge is 2.26. The van der Waals surface area contributed by atoms with Gasteiger partial charge in [0.05, 0.1) is 16.0 Å². The number of rotatable bonds is 4. The summed E-state index contributed by atoms with van der Waals surface area (Å²) in [7, 11) is 0. The van der Waals surface area contributed by atoms with Crippen LogP contribution >= 0.6 is 11.6 Å². The summed E-state index contributed by atoms with van der Waals surface area (Å²) >= 11 is 6.15. The maximum absolute atomic E-state index is 12.5. The van der Waals surface area contributed by atoms with Crippen LogP contribution in [0.1, 0.15) is 30.4 Å². The van der Waals surface area contributed by atoms with Crippen molar-refractivity contribution in [3.8, 4) is 5.75 Å². The number of carbonyl (C=O) groups excluding carboxylic acids is 1. The molecule has 24 heavy (non-hydrogen) atoms. The summed E-state index contributed by atoms with van der Waals surface area (Å²) < 4.78 is 5.33. The van der Waals surface area contributed by atoms with Crippen LogP contribution in [0.5, 0.6) is 5.75 Å². The summed E-state index contributed by atoms with van der Waals surface area (Å²) in [6.07, 6.45) is 0.0816. The topological polar surface area (TPSA) is 67.5 Å². The Morgan fingerprint density at radius 2 is 1.88 bits per heavy atom. The first kappa shape index (κ1) is 16.3. The molecule has 0 saturated carbocycles. The average molecular weight is 343 g/mol. The zero-order valence-corrected chi connectivity index (χ0v) is 13.7. The van der Waals surface area contributed by atoms with Crippen LogP contribution in [-0.4, -0.2) is 10.9 Å². The Labute approximate surface area is 143 Å². The van der Waals surface area contributed by atoms with Gasteiger partial charge in [-0.25, -0.2) is 4.79 Å². The predicted octanol–water partition coefficient (Wildman–Crippen LogP) is 4.26. The van der Waals surface area contributed by atoms with E-state index >= 15 is 0 Å². The molecule has 0 aliphatic heterocycles. The summed E-state index contributed by atoms with van der Waals surface area (Å²) in [5, 5.41) is 11.3. The van der Waals surface area contributed by atoms with Gasteiger partial charge in [0.1, 0.15) is 17.1 Å². The van der Waals surface area contributed by atoms with Crippen molar-refractivity contribution in [2.24, 2.45) is 0 Å². The Balaban J connectivity index is 2.30. The first-order chi connectivity index (χ1) is 11.5. The normalized spacial score (nSPS) is 12.2. The zero-order valence-electron chi connectivity index (χ0n) is 13.0. The van der Waals surface area contributed by atoms with Gasteiger partial charge in [-0.15, -0.1) is 0 Å². The third kappa shape index (κ3) is 2.93. The summed E-state index contributed by atoms with van der Waals surface area (Å²) in [6, 6.07) is 13.9. The van der Waals surface area contributed by atoms with Gasteiger partial charge >= 0.3 is 5.63 Å². The Kier molecular flexibility index (Phi) is 4.40. The smallest absolute Gasteiger partial charge is 0.343 e. The van der Waals surface area contributed by atoms with Gasteiger partial charge in [-0.1, -0.05) is 48.0 Å². The summed E-state index contributed by atoms with van der Waals surface area (Å²) in [5.41, 5.74) is 0.347. The molecule has 0 bridgehead atoms. The lowest BCUT2D eigenvalue weighted by atomic mass is 9.87. The monoisotopic (exact) mass is 342 g/mol. The predicted molar refractivity (Wildman–Crippen MR) is 92.7 cm³/mol. The number of fused-ring (bicyclic) bond motifs is 1. The van der Waals surface area contributed by atoms with Crippen molar-refractivity contribution in [3.05, 3.63) is 75.1 Å². The molecule has 0 fully saturated rings. The number of Topliss-reactive ketones (excluding diaryl/α,β-unsaturated/α-hetero) is 1. The minimum absolute atomic E-state index is 0.0528. The van der Waals surface area contributed by atoms with Crippen LogP contribution in [-0.2, 0) is 4.79 Å². The van der Waals surface area contributed by atoms with E-state index in [4.69, 9.17) is 16.0 Å². The molecule has 0 spiro atoms. The molecule has 0 saturated heterocycles. The number of hydrogen-bond acceptors (Lipinski definition) is 4. The number of aromatic hydroxyl groups is 1. The van der Waals surface area contributed by atoms with E-state index in [0.29, 0.717) is 0 Å². The van der Waals surface area contributed by atoms with E-state index in [2.05, 4.69) is 0 Å². The molecule has 0 aliphatic rings. The lowest BCUT2D eigenvalue weighted by Gasteiger charge is -2.17. The Morgan fingerprint density at radius 1 is 1.17 bits per heavy atom. The second-order valence-corrected chi connectivity index (χ2v) is 6.04. The largest absolute Gasteiger partial charge is 0.507 e. The van der Waals surface area contributed by atoms with Gasteiger partial charge in [-0.05, 0) is 24.6 Å². The molecule has 1 aromatic heterocycles. The molecule has 1 heterocycles. The summed E-state index contributed by atoms with van der Waals surface area (Å²) in [6.45, 7) is 1.45. The van der Waals surface area contributed by atoms with Crippen molar-refractivity contribution in [1.29, 1.82) is 0 Å². The number of benzene rings is 2. The fourth-order valence-electron chi connectivity index (χ4n) is 2.87. The third-order valence-corrected chi connectivity index (χ3v) is 4.25. The summed E-state index contributed by atoms with van der Waals surface area (Å²) in [5.74, 6) is -0.926. The lowest BCUT2D eigenvalue weighted by molar-refractivity contribution is -0.117. The standard InChI is InChI=1S/C19H15ClO4/c1-11(21)10-13(12-6-3-2-4-7-12)16-18(22)17-14(20)8-5-9-15(17)24-19(16)23/h2-9,13,22H,10H2,1H3. The molecule has 3 aromatic rings. The Bertz CT molecular complexity index is 960. The SMILES string of the molecule is CC(=O)CC(c1ccccc1)c1c(O)c2c(Cl)cccc2oc1=O. The van der Waals surface area contributed by atoms with E-state index in [-0.39, 0.29) is 39.5 Å². The van der Waals surface area contributed by atoms with Crippen LogP contribution < -0.4 is 5.63 Å². The van der Waals surface area contributed by atoms with Gasteiger partial charge < -0.3 is 9.52 Å². The minimum atomic E-state index is -0.669. The maximum atomic E-state index is 12.5. The van der Waals surface area contributed by atoms with E-state index in [1.165, 1.54) is 6.92 Å². The van der Waals surface area contributed by atoms with Crippen LogP contribution in [0.25, 0.3) is 11.0 Å². The Hall–Kier alpha value is -2.59. The number of ketones is 1. The minimum Gasteiger partial charge on any atom is -0.507 e. The molecule has 1 unspecified atom stereocenters. The first-order valence-electron chi connectivity index (χ1n) is 7.47. The molecule has 3 rings (SSSR count). The summed E-state index contributed by atoms with van der Waals surface area (Å²) in [4.78, 5) is 24.2. The van der Waals surface area contributed by atoms with E-state index in [1.54, 1.807) is 18.2 Å². The molecular formula is C19H15ClO4. The van der Waals surface area contributed by atoms with Crippen LogP contribution in [0.15, 0.2) is 57.7 Å². The average Bonchev–Trinajstić information content (AvgIpc) is 2.54. The van der Waals surface area contributed by atoms with E-state index in [0.717, 1.165) is 5.56 Å². The fraction of sp³-hybridized carbons (Fsp3) is 0.158. The van der Waals surface area contributed by atoms with Crippen molar-refractivity contribution < 1.29 is 14.3 Å². The van der Waals surface area contributed by atoms with Crippen molar-refractivity contribution in [1.82, 2.24) is 0 Å². The second kappa shape index (κ2) is 6.49. The molecule has 0 amide bonds. The molecular weight excluding hydrogens is 328 g/mol. The van der Waals surface area contributed by atoms with Gasteiger partial charge in [-0.3, -0.25) is 4.79 Å². The second-order valence-electron chi connectivity index (χ2n) is 5.63. The lowest BCUT2D eigenvalue weighted by Crippen LogP contribution is -2.16. The van der Waals surface area contributed by atoms with Gasteiger partial charge in [0.15, 0.2) is 0 Å². The fourth-order valence-corrected chi connectivity index (χ4v) is 3.13. The molecule has 4 nitrogen and oxygen atoms in total. The van der Waals surface area contributed by atoms with Crippen LogP contribution in [0.4, 0.5) is 0 Å². The van der Waals surface area contributed by atoms with E-state index < -0.39 is 11.5 Å². The number of halogens is 1. The highest BCUT2D eigenvalue weighted by Crippen LogP contribution is 2.38. The molecule has 0 aliphatic carbocycles. The van der Waals surface area contributed by atoms with Gasteiger partial charge in [0.2, 0.25) is 0 Å². The van der Waals surface area contributed by atoms with E-state index in [1.807, 2.05) is 30.3 Å². The van der Waals surface area contributed by atoms with Crippen LogP contribution in [0.3, 0.4) is 0 Å². The third-order valence-electron chi connectivity index (χ3n) is 3.93. The van der Waals surface area contributed by atoms with E-state index in [9.17, 15) is 14.7 Å². The zero-order chi connectivity index (χ0) is 17.3. The molecule has 2 aromatic carbocycles. The molecule has 122 valence electrons. The quantitative estimate of drug-likeness (QED) is 0.719. The maximum Gasteiger partial charge on any atom is 0.343 e. The van der Waals surface area contributed by atoms with Gasteiger partial charge in [0.25, 0.3) is 0 Å². The number of carbonyl (C=O) groups is 1. The van der Waals surface area contributed by atoms with Gasteiger partial charge in [0, 0.05) is 12.3 Å². The molecule has 5 heteroatoms. The highest BCUT2D eigenvalue weighted by molar-refractivity contribution is 6.35. The molecule has 1 N–H and O–H groups in total. The van der Waals surface area contributed by atoms with Gasteiger partial charge in [-0.2, -0.15) is 0 Å².